The molecule has 0 aliphatic carbocycles. The predicted octanol–water partition coefficient (Wildman–Crippen LogP) is 9.04. The molecule has 54 heavy (non-hydrogen) atoms. The molecule has 0 aromatic heterocycles. The van der Waals surface area contributed by atoms with Crippen molar-refractivity contribution in [3.05, 3.63) is 72.9 Å². The number of esters is 2. The second kappa shape index (κ2) is 37.3. The molecular formula is C42H72NO10P. The van der Waals surface area contributed by atoms with Gasteiger partial charge in [-0.2, -0.15) is 0 Å². The minimum absolute atomic E-state index is 0.0174. The molecule has 0 aromatic carbocycles. The van der Waals surface area contributed by atoms with Crippen LogP contribution < -0.4 is 5.73 Å². The smallest absolute Gasteiger partial charge is 0.462 e. The Kier molecular flexibility index (Phi) is 35.5. The fourth-order valence-electron chi connectivity index (χ4n) is 5.02. The first-order chi connectivity index (χ1) is 26.1. The standard InChI is InChI=1S/C42H72NO10P/c1-3-5-7-8-9-10-11-12-13-17-20-26-32-41(46)50-36-40(37-52-54(48,49)51-35-34-43)53-42(47)33-27-21-25-31-39(45)30-24-19-16-14-15-18-23-29-38(44)28-22-6-4-2/h6,15-16,18-19,22-25,29-31,38-40,44-45H,3-5,7-14,17,20-21,26-28,32-37,43H2,1-2H3,(H,48,49)/b18-15-,19-16-,22-6-,29-23+,30-24+,31-25-/t38-,39-,40+/m0/s1. The van der Waals surface area contributed by atoms with Gasteiger partial charge in [0.15, 0.2) is 6.10 Å². The summed E-state index contributed by atoms with van der Waals surface area (Å²) in [5.41, 5.74) is 5.32. The minimum atomic E-state index is -4.43. The Morgan fingerprint density at radius 3 is 1.93 bits per heavy atom. The number of ether oxygens (including phenoxy) is 2. The lowest BCUT2D eigenvalue weighted by atomic mass is 10.0. The summed E-state index contributed by atoms with van der Waals surface area (Å²) in [5, 5.41) is 20.0. The monoisotopic (exact) mass is 781 g/mol. The van der Waals surface area contributed by atoms with E-state index in [9.17, 15) is 29.3 Å². The molecule has 0 aliphatic heterocycles. The topological polar surface area (TPSA) is 175 Å². The highest BCUT2D eigenvalue weighted by Gasteiger charge is 2.25. The van der Waals surface area contributed by atoms with Crippen molar-refractivity contribution >= 4 is 19.8 Å². The molecule has 310 valence electrons. The van der Waals surface area contributed by atoms with Gasteiger partial charge in [0, 0.05) is 19.4 Å². The predicted molar refractivity (Wildman–Crippen MR) is 218 cm³/mol. The van der Waals surface area contributed by atoms with E-state index in [0.29, 0.717) is 32.1 Å². The Morgan fingerprint density at radius 2 is 1.30 bits per heavy atom. The van der Waals surface area contributed by atoms with Crippen LogP contribution in [0, 0.1) is 0 Å². The van der Waals surface area contributed by atoms with Crippen LogP contribution in [0.3, 0.4) is 0 Å². The van der Waals surface area contributed by atoms with Gasteiger partial charge in [0.2, 0.25) is 0 Å². The van der Waals surface area contributed by atoms with E-state index in [2.05, 4.69) is 13.8 Å². The van der Waals surface area contributed by atoms with Gasteiger partial charge < -0.3 is 30.3 Å². The van der Waals surface area contributed by atoms with E-state index >= 15 is 0 Å². The molecule has 4 atom stereocenters. The first-order valence-electron chi connectivity index (χ1n) is 20.1. The van der Waals surface area contributed by atoms with Gasteiger partial charge in [-0.25, -0.2) is 4.57 Å². The summed E-state index contributed by atoms with van der Waals surface area (Å²) in [6, 6.07) is 0. The van der Waals surface area contributed by atoms with Crippen LogP contribution in [-0.4, -0.2) is 71.7 Å². The van der Waals surface area contributed by atoms with E-state index < -0.39 is 44.7 Å². The van der Waals surface area contributed by atoms with Crippen LogP contribution in [0.4, 0.5) is 0 Å². The second-order valence-electron chi connectivity index (χ2n) is 13.2. The zero-order chi connectivity index (χ0) is 40.0. The van der Waals surface area contributed by atoms with Gasteiger partial charge in [-0.3, -0.25) is 18.6 Å². The average molecular weight is 782 g/mol. The summed E-state index contributed by atoms with van der Waals surface area (Å²) >= 11 is 0. The highest BCUT2D eigenvalue weighted by Crippen LogP contribution is 2.43. The number of allylic oxidation sites excluding steroid dienone is 8. The van der Waals surface area contributed by atoms with Crippen LogP contribution >= 0.6 is 7.82 Å². The maximum atomic E-state index is 12.5. The third kappa shape index (κ3) is 36.4. The molecule has 12 heteroatoms. The van der Waals surface area contributed by atoms with Crippen LogP contribution in [0.1, 0.15) is 136 Å². The maximum Gasteiger partial charge on any atom is 0.472 e. The Bertz CT molecular complexity index is 1150. The zero-order valence-electron chi connectivity index (χ0n) is 33.1. The van der Waals surface area contributed by atoms with Crippen LogP contribution in [0.2, 0.25) is 0 Å². The van der Waals surface area contributed by atoms with Crippen LogP contribution in [0.15, 0.2) is 72.9 Å². The molecule has 0 bridgehead atoms. The SMILES string of the molecule is CC/C=C\C[C@H](O)/C=C/C=C\C/C=C\C=C\[C@H](O)/C=C\CCCC(=O)O[C@H](COC(=O)CCCCCCCCCCCCCC)COP(=O)(O)OCCN. The number of hydrogen-bond acceptors (Lipinski definition) is 10. The molecule has 0 heterocycles. The Hall–Kier alpha value is -2.63. The Balaban J connectivity index is 4.49. The van der Waals surface area contributed by atoms with Crippen molar-refractivity contribution in [1.29, 1.82) is 0 Å². The number of rotatable bonds is 36. The number of carbonyl (C=O) groups is 2. The van der Waals surface area contributed by atoms with Gasteiger partial charge in [-0.15, -0.1) is 0 Å². The van der Waals surface area contributed by atoms with Gasteiger partial charge in [0.05, 0.1) is 25.4 Å². The number of unbranched alkanes of at least 4 members (excludes halogenated alkanes) is 12. The second-order valence-corrected chi connectivity index (χ2v) is 14.6. The lowest BCUT2D eigenvalue weighted by molar-refractivity contribution is -0.161. The highest BCUT2D eigenvalue weighted by molar-refractivity contribution is 7.47. The summed E-state index contributed by atoms with van der Waals surface area (Å²) < 4.78 is 32.5. The van der Waals surface area contributed by atoms with Gasteiger partial charge in [-0.05, 0) is 38.5 Å². The zero-order valence-corrected chi connectivity index (χ0v) is 34.0. The summed E-state index contributed by atoms with van der Waals surface area (Å²) in [4.78, 5) is 34.7. The molecule has 5 N–H and O–H groups in total. The molecule has 0 amide bonds. The van der Waals surface area contributed by atoms with Crippen molar-refractivity contribution in [2.24, 2.45) is 5.73 Å². The van der Waals surface area contributed by atoms with Gasteiger partial charge in [0.25, 0.3) is 0 Å². The number of phosphoric acid groups is 1. The number of phosphoric ester groups is 1. The van der Waals surface area contributed by atoms with Gasteiger partial charge in [-0.1, -0.05) is 157 Å². The molecular weight excluding hydrogens is 709 g/mol. The normalized spacial score (nSPS) is 15.3. The number of aliphatic hydroxyl groups excluding tert-OH is 2. The number of carbonyl (C=O) groups excluding carboxylic acids is 2. The minimum Gasteiger partial charge on any atom is -0.462 e. The van der Waals surface area contributed by atoms with Crippen molar-refractivity contribution < 1.29 is 47.8 Å². The van der Waals surface area contributed by atoms with E-state index in [1.165, 1.54) is 51.4 Å². The number of hydrogen-bond donors (Lipinski definition) is 4. The molecule has 0 saturated heterocycles. The van der Waals surface area contributed by atoms with Crippen molar-refractivity contribution in [1.82, 2.24) is 0 Å². The quantitative estimate of drug-likeness (QED) is 0.0157. The van der Waals surface area contributed by atoms with E-state index in [-0.39, 0.29) is 32.6 Å². The number of nitrogens with two attached hydrogens (primary N) is 1. The summed E-state index contributed by atoms with van der Waals surface area (Å²) in [7, 11) is -4.43. The van der Waals surface area contributed by atoms with Crippen molar-refractivity contribution in [3.63, 3.8) is 0 Å². The fraction of sp³-hybridized carbons (Fsp3) is 0.667. The van der Waals surface area contributed by atoms with Gasteiger partial charge >= 0.3 is 19.8 Å². The first-order valence-corrected chi connectivity index (χ1v) is 21.6. The van der Waals surface area contributed by atoms with Crippen molar-refractivity contribution in [2.45, 2.75) is 154 Å². The third-order valence-electron chi connectivity index (χ3n) is 8.03. The van der Waals surface area contributed by atoms with Crippen LogP contribution in [-0.2, 0) is 32.7 Å². The van der Waals surface area contributed by atoms with E-state index in [1.54, 1.807) is 30.4 Å². The maximum absolute atomic E-state index is 12.5. The Morgan fingerprint density at radius 1 is 0.685 bits per heavy atom. The molecule has 0 fully saturated rings. The largest absolute Gasteiger partial charge is 0.472 e. The van der Waals surface area contributed by atoms with Gasteiger partial charge in [0.1, 0.15) is 6.61 Å². The number of aliphatic hydroxyl groups is 2. The molecule has 0 aromatic rings. The summed E-state index contributed by atoms with van der Waals surface area (Å²) in [6.45, 7) is 3.28. The molecule has 0 radical (unpaired) electrons. The van der Waals surface area contributed by atoms with E-state index in [4.69, 9.17) is 24.3 Å². The molecule has 11 nitrogen and oxygen atoms in total. The van der Waals surface area contributed by atoms with Crippen molar-refractivity contribution in [3.8, 4) is 0 Å². The summed E-state index contributed by atoms with van der Waals surface area (Å²) in [6.07, 6.45) is 37.2. The molecule has 0 aliphatic rings. The molecule has 0 spiro atoms. The third-order valence-corrected chi connectivity index (χ3v) is 9.02. The first kappa shape index (κ1) is 51.4. The summed E-state index contributed by atoms with van der Waals surface area (Å²) in [5.74, 6) is -1.02. The average Bonchev–Trinajstić information content (AvgIpc) is 3.14. The van der Waals surface area contributed by atoms with Crippen LogP contribution in [0.25, 0.3) is 0 Å². The highest BCUT2D eigenvalue weighted by atomic mass is 31.2. The lowest BCUT2D eigenvalue weighted by Crippen LogP contribution is -2.29. The van der Waals surface area contributed by atoms with E-state index in [0.717, 1.165) is 25.7 Å². The fourth-order valence-corrected chi connectivity index (χ4v) is 5.79. The Labute approximate surface area is 326 Å². The molecule has 0 rings (SSSR count). The van der Waals surface area contributed by atoms with Crippen LogP contribution in [0.5, 0.6) is 0 Å². The van der Waals surface area contributed by atoms with E-state index in [1.807, 2.05) is 42.5 Å². The van der Waals surface area contributed by atoms with Crippen molar-refractivity contribution in [2.75, 3.05) is 26.4 Å². The molecule has 0 saturated carbocycles. The lowest BCUT2D eigenvalue weighted by Gasteiger charge is -2.19. The molecule has 1 unspecified atom stereocenters.